The van der Waals surface area contributed by atoms with Gasteiger partial charge in [0.05, 0.1) is 4.70 Å². The number of halogens is 1. The third-order valence-electron chi connectivity index (χ3n) is 5.17. The average Bonchev–Trinajstić information content (AvgIpc) is 3.21. The topological polar surface area (TPSA) is 54.9 Å². The van der Waals surface area contributed by atoms with Crippen LogP contribution in [-0.2, 0) is 4.79 Å². The molecule has 1 atom stereocenters. The second kappa shape index (κ2) is 8.97. The van der Waals surface area contributed by atoms with Crippen LogP contribution in [0.2, 0.25) is 0 Å². The van der Waals surface area contributed by atoms with E-state index in [0.29, 0.717) is 34.4 Å². The van der Waals surface area contributed by atoms with Crippen molar-refractivity contribution in [2.75, 3.05) is 37.7 Å². The molecule has 1 unspecified atom stereocenters. The fourth-order valence-corrected chi connectivity index (χ4v) is 4.43. The highest BCUT2D eigenvalue weighted by molar-refractivity contribution is 7.22. The van der Waals surface area contributed by atoms with E-state index in [2.05, 4.69) is 23.7 Å². The van der Waals surface area contributed by atoms with E-state index in [-0.39, 0.29) is 18.0 Å². The van der Waals surface area contributed by atoms with Crippen molar-refractivity contribution in [2.24, 2.45) is 0 Å². The summed E-state index contributed by atoms with van der Waals surface area (Å²) in [6.07, 6.45) is -0.784. The third-order valence-corrected chi connectivity index (χ3v) is 6.22. The van der Waals surface area contributed by atoms with Gasteiger partial charge in [-0.3, -0.25) is 9.69 Å². The Bertz CT molecular complexity index is 1040. The van der Waals surface area contributed by atoms with Crippen LogP contribution in [0.25, 0.3) is 10.2 Å². The molecule has 8 heteroatoms. The molecule has 0 saturated carbocycles. The molecule has 3 aromatic rings. The van der Waals surface area contributed by atoms with E-state index in [1.807, 2.05) is 24.3 Å². The van der Waals surface area contributed by atoms with E-state index >= 15 is 0 Å². The molecule has 1 aliphatic heterocycles. The van der Waals surface area contributed by atoms with Crippen molar-refractivity contribution in [2.45, 2.75) is 20.0 Å². The van der Waals surface area contributed by atoms with Gasteiger partial charge in [-0.05, 0) is 37.4 Å². The lowest BCUT2D eigenvalue weighted by Crippen LogP contribution is -2.48. The zero-order chi connectivity index (χ0) is 21.1. The Morgan fingerprint density at radius 2 is 1.90 bits per heavy atom. The Hall–Kier alpha value is -2.71. The molecule has 158 valence electrons. The van der Waals surface area contributed by atoms with Crippen molar-refractivity contribution >= 4 is 32.6 Å². The number of thiazole rings is 1. The van der Waals surface area contributed by atoms with Gasteiger partial charge >= 0.3 is 0 Å². The molecular formula is C22H24FN3O3S. The van der Waals surface area contributed by atoms with Crippen molar-refractivity contribution in [1.29, 1.82) is 0 Å². The van der Waals surface area contributed by atoms with Gasteiger partial charge in [0.2, 0.25) is 6.10 Å². The maximum absolute atomic E-state index is 14.2. The summed E-state index contributed by atoms with van der Waals surface area (Å²) in [7, 11) is 0. The molecule has 0 radical (unpaired) electrons. The van der Waals surface area contributed by atoms with E-state index in [4.69, 9.17) is 9.47 Å². The van der Waals surface area contributed by atoms with Crippen molar-refractivity contribution in [1.82, 2.24) is 9.88 Å². The molecule has 1 amide bonds. The Balaban J connectivity index is 1.62. The standard InChI is InChI=1S/C22H24FN3O3S/c1-3-25(4-2)12-13-26(22-24-20-15(23)8-7-11-19(20)30-22)21(27)18-14-28-16-9-5-6-10-17(16)29-18/h5-11,18H,3-4,12-14H2,1-2H3. The van der Waals surface area contributed by atoms with Crippen LogP contribution in [-0.4, -0.2) is 54.7 Å². The van der Waals surface area contributed by atoms with Gasteiger partial charge in [0.25, 0.3) is 5.91 Å². The number of carbonyl (C=O) groups is 1. The molecule has 1 aliphatic rings. The average molecular weight is 430 g/mol. The number of anilines is 1. The Kier molecular flexibility index (Phi) is 6.15. The molecule has 0 bridgehead atoms. The van der Waals surface area contributed by atoms with E-state index in [1.165, 1.54) is 17.4 Å². The first kappa shape index (κ1) is 20.6. The number of rotatable bonds is 7. The Labute approximate surface area is 178 Å². The first-order chi connectivity index (χ1) is 14.6. The van der Waals surface area contributed by atoms with Crippen LogP contribution in [0, 0.1) is 5.82 Å². The molecule has 1 aromatic heterocycles. The largest absolute Gasteiger partial charge is 0.485 e. The Morgan fingerprint density at radius 3 is 2.63 bits per heavy atom. The minimum atomic E-state index is -0.784. The lowest BCUT2D eigenvalue weighted by Gasteiger charge is -2.30. The first-order valence-corrected chi connectivity index (χ1v) is 10.9. The van der Waals surface area contributed by atoms with Crippen LogP contribution in [0.1, 0.15) is 13.8 Å². The van der Waals surface area contributed by atoms with Crippen LogP contribution in [0.3, 0.4) is 0 Å². The molecule has 2 heterocycles. The summed E-state index contributed by atoms with van der Waals surface area (Å²) < 4.78 is 26.6. The smallest absolute Gasteiger partial charge is 0.273 e. The lowest BCUT2D eigenvalue weighted by molar-refractivity contribution is -0.127. The van der Waals surface area contributed by atoms with Gasteiger partial charge in [-0.2, -0.15) is 0 Å². The summed E-state index contributed by atoms with van der Waals surface area (Å²) in [4.78, 5) is 21.7. The summed E-state index contributed by atoms with van der Waals surface area (Å²) in [5.41, 5.74) is 0.282. The molecule has 0 fully saturated rings. The van der Waals surface area contributed by atoms with Crippen molar-refractivity contribution in [3.05, 3.63) is 48.3 Å². The number of hydrogen-bond acceptors (Lipinski definition) is 6. The Morgan fingerprint density at radius 1 is 1.13 bits per heavy atom. The number of benzene rings is 2. The van der Waals surface area contributed by atoms with Gasteiger partial charge in [0.15, 0.2) is 16.6 Å². The maximum atomic E-state index is 14.2. The number of ether oxygens (including phenoxy) is 2. The highest BCUT2D eigenvalue weighted by atomic mass is 32.1. The summed E-state index contributed by atoms with van der Waals surface area (Å²) in [5, 5.41) is 0.467. The highest BCUT2D eigenvalue weighted by Crippen LogP contribution is 2.34. The second-order valence-corrected chi connectivity index (χ2v) is 7.97. The molecule has 2 aromatic carbocycles. The maximum Gasteiger partial charge on any atom is 0.273 e. The van der Waals surface area contributed by atoms with Crippen LogP contribution in [0.5, 0.6) is 11.5 Å². The quantitative estimate of drug-likeness (QED) is 0.569. The number of carbonyl (C=O) groups excluding carboxylic acids is 1. The monoisotopic (exact) mass is 429 g/mol. The fourth-order valence-electron chi connectivity index (χ4n) is 3.42. The van der Waals surface area contributed by atoms with E-state index in [1.54, 1.807) is 17.0 Å². The normalized spacial score (nSPS) is 15.5. The minimum absolute atomic E-state index is 0.122. The van der Waals surface area contributed by atoms with E-state index in [0.717, 1.165) is 13.1 Å². The van der Waals surface area contributed by atoms with Gasteiger partial charge in [-0.1, -0.05) is 43.4 Å². The highest BCUT2D eigenvalue weighted by Gasteiger charge is 2.33. The second-order valence-electron chi connectivity index (χ2n) is 6.96. The van der Waals surface area contributed by atoms with E-state index < -0.39 is 11.9 Å². The number of hydrogen-bond donors (Lipinski definition) is 0. The molecule has 0 saturated heterocycles. The molecule has 0 N–H and O–H groups in total. The van der Waals surface area contributed by atoms with Gasteiger partial charge < -0.3 is 14.4 Å². The summed E-state index contributed by atoms with van der Waals surface area (Å²) >= 11 is 1.30. The molecule has 6 nitrogen and oxygen atoms in total. The molecule has 0 aliphatic carbocycles. The number of fused-ring (bicyclic) bond motifs is 2. The summed E-state index contributed by atoms with van der Waals surface area (Å²) in [6, 6.07) is 12.1. The van der Waals surface area contributed by atoms with E-state index in [9.17, 15) is 9.18 Å². The summed E-state index contributed by atoms with van der Waals surface area (Å²) in [5.74, 6) is 0.535. The van der Waals surface area contributed by atoms with Crippen LogP contribution >= 0.6 is 11.3 Å². The van der Waals surface area contributed by atoms with Gasteiger partial charge in [0, 0.05) is 13.1 Å². The van der Waals surface area contributed by atoms with Gasteiger partial charge in [-0.25, -0.2) is 9.37 Å². The number of nitrogens with zero attached hydrogens (tertiary/aromatic N) is 3. The predicted molar refractivity (Wildman–Crippen MR) is 116 cm³/mol. The summed E-state index contributed by atoms with van der Waals surface area (Å²) in [6.45, 7) is 7.16. The van der Waals surface area contributed by atoms with Crippen molar-refractivity contribution in [3.63, 3.8) is 0 Å². The SMILES string of the molecule is CCN(CC)CCN(C(=O)C1COc2ccccc2O1)c1nc2c(F)cccc2s1. The number of aromatic nitrogens is 1. The molecule has 30 heavy (non-hydrogen) atoms. The molecule has 0 spiro atoms. The van der Waals surface area contributed by atoms with Gasteiger partial charge in [-0.15, -0.1) is 0 Å². The number of amides is 1. The van der Waals surface area contributed by atoms with Crippen LogP contribution in [0.15, 0.2) is 42.5 Å². The fraction of sp³-hybridized carbons (Fsp3) is 0.364. The van der Waals surface area contributed by atoms with Gasteiger partial charge in [0.1, 0.15) is 17.9 Å². The predicted octanol–water partition coefficient (Wildman–Crippen LogP) is 3.95. The number of likely N-dealkylation sites (N-methyl/N-ethyl adjacent to an activating group) is 1. The van der Waals surface area contributed by atoms with Crippen molar-refractivity contribution in [3.8, 4) is 11.5 Å². The number of para-hydroxylation sites is 3. The third kappa shape index (κ3) is 4.11. The first-order valence-electron chi connectivity index (χ1n) is 10.1. The van der Waals surface area contributed by atoms with Crippen LogP contribution in [0.4, 0.5) is 9.52 Å². The lowest BCUT2D eigenvalue weighted by atomic mass is 10.2. The zero-order valence-corrected chi connectivity index (χ0v) is 17.8. The zero-order valence-electron chi connectivity index (χ0n) is 17.0. The van der Waals surface area contributed by atoms with Crippen molar-refractivity contribution < 1.29 is 18.7 Å². The molecule has 4 rings (SSSR count). The van der Waals surface area contributed by atoms with Crippen LogP contribution < -0.4 is 14.4 Å². The molecular weight excluding hydrogens is 405 g/mol. The minimum Gasteiger partial charge on any atom is -0.485 e.